The minimum Gasteiger partial charge on any atom is -0.370 e. The van der Waals surface area contributed by atoms with Crippen LogP contribution in [0.3, 0.4) is 0 Å². The highest BCUT2D eigenvalue weighted by Crippen LogP contribution is 2.32. The van der Waals surface area contributed by atoms with E-state index in [0.717, 1.165) is 24.8 Å². The standard InChI is InChI=1S/C19H22F2N4O3/c20-14-3-13(4-15(21)5-14)7-23-18(26)17-6-19(11-27-17)10-25(1-2-28-19)9-16-8-22-12-24-16/h3-5,8,12,17H,1-2,6-7,9-11H2,(H,22,24)(H,23,26). The highest BCUT2D eigenvalue weighted by atomic mass is 19.1. The van der Waals surface area contributed by atoms with E-state index in [4.69, 9.17) is 9.47 Å². The molecule has 2 aromatic rings. The van der Waals surface area contributed by atoms with E-state index in [1.165, 1.54) is 12.1 Å². The van der Waals surface area contributed by atoms with E-state index in [0.29, 0.717) is 31.7 Å². The van der Waals surface area contributed by atoms with Crippen molar-refractivity contribution in [3.05, 3.63) is 53.6 Å². The van der Waals surface area contributed by atoms with Crippen molar-refractivity contribution in [2.45, 2.75) is 31.2 Å². The lowest BCUT2D eigenvalue weighted by Crippen LogP contribution is -2.52. The second-order valence-electron chi connectivity index (χ2n) is 7.32. The number of hydrogen-bond acceptors (Lipinski definition) is 5. The molecule has 150 valence electrons. The Bertz CT molecular complexity index is 812. The zero-order valence-electron chi connectivity index (χ0n) is 15.3. The predicted octanol–water partition coefficient (Wildman–Crippen LogP) is 1.36. The second kappa shape index (κ2) is 7.94. The lowest BCUT2D eigenvalue weighted by Gasteiger charge is -2.39. The van der Waals surface area contributed by atoms with Crippen LogP contribution >= 0.6 is 0 Å². The molecule has 0 bridgehead atoms. The number of halogens is 2. The molecule has 1 amide bonds. The molecule has 1 aromatic heterocycles. The van der Waals surface area contributed by atoms with Gasteiger partial charge >= 0.3 is 0 Å². The van der Waals surface area contributed by atoms with Gasteiger partial charge in [-0.1, -0.05) is 0 Å². The van der Waals surface area contributed by atoms with E-state index in [9.17, 15) is 13.6 Å². The second-order valence-corrected chi connectivity index (χ2v) is 7.32. The number of nitrogens with one attached hydrogen (secondary N) is 2. The lowest BCUT2D eigenvalue weighted by atomic mass is 9.97. The number of benzene rings is 1. The molecule has 28 heavy (non-hydrogen) atoms. The Labute approximate surface area is 161 Å². The van der Waals surface area contributed by atoms with Crippen molar-refractivity contribution in [2.24, 2.45) is 0 Å². The van der Waals surface area contributed by atoms with Gasteiger partial charge in [0.2, 0.25) is 5.91 Å². The average Bonchev–Trinajstić information content (AvgIpc) is 3.29. The zero-order chi connectivity index (χ0) is 19.6. The van der Waals surface area contributed by atoms with Crippen molar-refractivity contribution in [1.82, 2.24) is 20.2 Å². The van der Waals surface area contributed by atoms with E-state index in [-0.39, 0.29) is 12.5 Å². The first-order chi connectivity index (χ1) is 13.5. The molecule has 2 aliphatic rings. The molecule has 2 saturated heterocycles. The molecule has 9 heteroatoms. The van der Waals surface area contributed by atoms with Crippen LogP contribution in [0.25, 0.3) is 0 Å². The number of carbonyl (C=O) groups is 1. The number of ether oxygens (including phenoxy) is 2. The molecule has 1 spiro atoms. The molecule has 2 fully saturated rings. The van der Waals surface area contributed by atoms with Crippen molar-refractivity contribution >= 4 is 5.91 Å². The van der Waals surface area contributed by atoms with E-state index < -0.39 is 23.3 Å². The van der Waals surface area contributed by atoms with Crippen molar-refractivity contribution in [3.8, 4) is 0 Å². The summed E-state index contributed by atoms with van der Waals surface area (Å²) in [7, 11) is 0. The van der Waals surface area contributed by atoms with Crippen LogP contribution in [0.2, 0.25) is 0 Å². The molecule has 0 saturated carbocycles. The van der Waals surface area contributed by atoms with E-state index >= 15 is 0 Å². The van der Waals surface area contributed by atoms with Crippen LogP contribution in [0.5, 0.6) is 0 Å². The summed E-state index contributed by atoms with van der Waals surface area (Å²) in [6, 6.07) is 3.18. The highest BCUT2D eigenvalue weighted by molar-refractivity contribution is 5.81. The lowest BCUT2D eigenvalue weighted by molar-refractivity contribution is -0.130. The minimum atomic E-state index is -0.673. The maximum atomic E-state index is 13.3. The van der Waals surface area contributed by atoms with Crippen molar-refractivity contribution in [2.75, 3.05) is 26.3 Å². The monoisotopic (exact) mass is 392 g/mol. The number of H-pyrrole nitrogens is 1. The molecule has 2 N–H and O–H groups in total. The smallest absolute Gasteiger partial charge is 0.249 e. The molecular weight excluding hydrogens is 370 g/mol. The Morgan fingerprint density at radius 3 is 2.93 bits per heavy atom. The van der Waals surface area contributed by atoms with Crippen LogP contribution in [-0.2, 0) is 27.4 Å². The number of aromatic nitrogens is 2. The van der Waals surface area contributed by atoms with Gasteiger partial charge in [0.25, 0.3) is 0 Å². The minimum absolute atomic E-state index is 0.0349. The van der Waals surface area contributed by atoms with Gasteiger partial charge in [-0.05, 0) is 17.7 Å². The topological polar surface area (TPSA) is 79.5 Å². The first kappa shape index (κ1) is 19.0. The summed E-state index contributed by atoms with van der Waals surface area (Å²) < 4.78 is 38.2. The number of hydrogen-bond donors (Lipinski definition) is 2. The van der Waals surface area contributed by atoms with Gasteiger partial charge in [0.05, 0.1) is 19.5 Å². The Hall–Kier alpha value is -2.36. The van der Waals surface area contributed by atoms with Gasteiger partial charge in [-0.2, -0.15) is 0 Å². The van der Waals surface area contributed by atoms with Crippen LogP contribution in [0, 0.1) is 11.6 Å². The maximum Gasteiger partial charge on any atom is 0.249 e. The quantitative estimate of drug-likeness (QED) is 0.804. The van der Waals surface area contributed by atoms with Gasteiger partial charge in [-0.3, -0.25) is 9.69 Å². The fraction of sp³-hybridized carbons (Fsp3) is 0.474. The van der Waals surface area contributed by atoms with Gasteiger partial charge < -0.3 is 19.8 Å². The van der Waals surface area contributed by atoms with Crippen molar-refractivity contribution < 1.29 is 23.0 Å². The van der Waals surface area contributed by atoms with E-state index in [1.54, 1.807) is 12.5 Å². The average molecular weight is 392 g/mol. The molecule has 2 atom stereocenters. The Balaban J connectivity index is 1.31. The fourth-order valence-corrected chi connectivity index (χ4v) is 3.77. The van der Waals surface area contributed by atoms with Crippen LogP contribution in [0.15, 0.2) is 30.7 Å². The zero-order valence-corrected chi connectivity index (χ0v) is 15.3. The molecule has 3 heterocycles. The summed E-state index contributed by atoms with van der Waals surface area (Å²) in [6.45, 7) is 3.11. The van der Waals surface area contributed by atoms with Gasteiger partial charge in [-0.25, -0.2) is 13.8 Å². The third kappa shape index (κ3) is 4.37. The fourth-order valence-electron chi connectivity index (χ4n) is 3.77. The van der Waals surface area contributed by atoms with Crippen molar-refractivity contribution in [3.63, 3.8) is 0 Å². The SMILES string of the molecule is O=C(NCc1cc(F)cc(F)c1)C1CC2(CO1)CN(Cc1cnc[nH]1)CCO2. The molecule has 7 nitrogen and oxygen atoms in total. The van der Waals surface area contributed by atoms with Crippen LogP contribution < -0.4 is 5.32 Å². The van der Waals surface area contributed by atoms with Gasteiger partial charge in [0.15, 0.2) is 0 Å². The predicted molar refractivity (Wildman–Crippen MR) is 95.1 cm³/mol. The van der Waals surface area contributed by atoms with Crippen LogP contribution in [0.1, 0.15) is 17.7 Å². The molecular formula is C19H22F2N4O3. The Kier molecular flexibility index (Phi) is 5.38. The number of amides is 1. The maximum absolute atomic E-state index is 13.3. The summed E-state index contributed by atoms with van der Waals surface area (Å²) in [5.74, 6) is -1.66. The first-order valence-corrected chi connectivity index (χ1v) is 9.19. The highest BCUT2D eigenvalue weighted by Gasteiger charge is 2.46. The number of nitrogens with zero attached hydrogens (tertiary/aromatic N) is 2. The Morgan fingerprint density at radius 2 is 2.18 bits per heavy atom. The van der Waals surface area contributed by atoms with Crippen LogP contribution in [-0.4, -0.2) is 58.8 Å². The molecule has 0 radical (unpaired) electrons. The third-order valence-corrected chi connectivity index (χ3v) is 5.06. The number of morpholine rings is 1. The molecule has 2 aliphatic heterocycles. The summed E-state index contributed by atoms with van der Waals surface area (Å²) >= 11 is 0. The summed E-state index contributed by atoms with van der Waals surface area (Å²) in [5, 5.41) is 2.69. The third-order valence-electron chi connectivity index (χ3n) is 5.06. The summed E-state index contributed by atoms with van der Waals surface area (Å²) in [5.41, 5.74) is 0.858. The summed E-state index contributed by atoms with van der Waals surface area (Å²) in [4.78, 5) is 21.8. The normalized spacial score (nSPS) is 25.3. The molecule has 2 unspecified atom stereocenters. The number of aromatic amines is 1. The summed E-state index contributed by atoms with van der Waals surface area (Å²) in [6.07, 6.45) is 3.23. The van der Waals surface area contributed by atoms with Gasteiger partial charge in [0.1, 0.15) is 23.3 Å². The molecule has 4 rings (SSSR count). The Morgan fingerprint density at radius 1 is 1.36 bits per heavy atom. The van der Waals surface area contributed by atoms with Gasteiger partial charge in [0, 0.05) is 50.6 Å². The van der Waals surface area contributed by atoms with Gasteiger partial charge in [-0.15, -0.1) is 0 Å². The number of carbonyl (C=O) groups excluding carboxylic acids is 1. The first-order valence-electron chi connectivity index (χ1n) is 9.19. The van der Waals surface area contributed by atoms with E-state index in [1.807, 2.05) is 0 Å². The largest absolute Gasteiger partial charge is 0.370 e. The molecule has 0 aliphatic carbocycles. The molecule has 1 aromatic carbocycles. The number of rotatable bonds is 5. The van der Waals surface area contributed by atoms with Crippen LogP contribution in [0.4, 0.5) is 8.78 Å². The van der Waals surface area contributed by atoms with Crippen molar-refractivity contribution in [1.29, 1.82) is 0 Å². The van der Waals surface area contributed by atoms with E-state index in [2.05, 4.69) is 20.2 Å². The number of imidazole rings is 1.